The number of carbonyl (C=O) groups excluding carboxylic acids is 1. The Morgan fingerprint density at radius 2 is 1.74 bits per heavy atom. The Balaban J connectivity index is 0.00000289. The topological polar surface area (TPSA) is 47.6 Å². The molecule has 0 radical (unpaired) electrons. The number of carbonyl (C=O) groups is 1. The van der Waals surface area contributed by atoms with E-state index in [0.29, 0.717) is 35.5 Å². The molecule has 1 N–H and O–H groups in total. The van der Waals surface area contributed by atoms with Gasteiger partial charge in [0.05, 0.1) is 11.0 Å². The molecule has 0 atom stereocenters. The second kappa shape index (κ2) is 8.08. The molecule has 3 aromatic rings. The molecule has 0 spiro atoms. The first-order chi connectivity index (χ1) is 16.2. The van der Waals surface area contributed by atoms with Gasteiger partial charge in [-0.25, -0.2) is 0 Å². The molecular formula is C27H26F3NO3. The Labute approximate surface area is 197 Å². The van der Waals surface area contributed by atoms with Crippen LogP contribution in [0.3, 0.4) is 0 Å². The molecule has 5 rings (SSSR count). The lowest BCUT2D eigenvalue weighted by Crippen LogP contribution is -2.28. The smallest absolute Gasteiger partial charge is 0.416 e. The van der Waals surface area contributed by atoms with Gasteiger partial charge in [-0.2, -0.15) is 13.2 Å². The van der Waals surface area contributed by atoms with E-state index >= 15 is 0 Å². The summed E-state index contributed by atoms with van der Waals surface area (Å²) >= 11 is 0. The van der Waals surface area contributed by atoms with E-state index in [-0.39, 0.29) is 25.7 Å². The predicted molar refractivity (Wildman–Crippen MR) is 125 cm³/mol. The Morgan fingerprint density at radius 3 is 2.44 bits per heavy atom. The van der Waals surface area contributed by atoms with Gasteiger partial charge in [0.1, 0.15) is 0 Å². The van der Waals surface area contributed by atoms with Crippen LogP contribution >= 0.6 is 0 Å². The Morgan fingerprint density at radius 1 is 0.971 bits per heavy atom. The van der Waals surface area contributed by atoms with Crippen molar-refractivity contribution < 1.29 is 28.9 Å². The third-order valence-corrected chi connectivity index (χ3v) is 6.51. The van der Waals surface area contributed by atoms with Gasteiger partial charge in [0.25, 0.3) is 0 Å². The van der Waals surface area contributed by atoms with Crippen molar-refractivity contribution in [2.75, 3.05) is 12.1 Å². The highest BCUT2D eigenvalue weighted by molar-refractivity contribution is 6.02. The summed E-state index contributed by atoms with van der Waals surface area (Å²) < 4.78 is 51.9. The van der Waals surface area contributed by atoms with Crippen molar-refractivity contribution in [1.29, 1.82) is 0 Å². The number of fused-ring (bicyclic) bond motifs is 1. The molecule has 1 heterocycles. The van der Waals surface area contributed by atoms with Crippen molar-refractivity contribution in [2.24, 2.45) is 0 Å². The van der Waals surface area contributed by atoms with E-state index in [1.807, 2.05) is 38.1 Å². The van der Waals surface area contributed by atoms with Crippen LogP contribution in [-0.4, -0.2) is 12.7 Å². The van der Waals surface area contributed by atoms with Gasteiger partial charge in [0, 0.05) is 7.11 Å². The van der Waals surface area contributed by atoms with Crippen molar-refractivity contribution in [1.82, 2.24) is 0 Å². The normalized spacial score (nSPS) is 15.9. The summed E-state index contributed by atoms with van der Waals surface area (Å²) in [6.45, 7) is 4.19. The Hall–Kier alpha value is -3.48. The van der Waals surface area contributed by atoms with Crippen molar-refractivity contribution in [3.63, 3.8) is 0 Å². The molecule has 1 aliphatic carbocycles. The average Bonchev–Trinajstić information content (AvgIpc) is 3.49. The molecule has 1 saturated carbocycles. The fourth-order valence-corrected chi connectivity index (χ4v) is 4.32. The first-order valence-corrected chi connectivity index (χ1v) is 11.2. The van der Waals surface area contributed by atoms with E-state index in [9.17, 15) is 18.0 Å². The minimum atomic E-state index is -4.54. The molecule has 1 fully saturated rings. The van der Waals surface area contributed by atoms with Crippen molar-refractivity contribution in [3.05, 3.63) is 77.4 Å². The van der Waals surface area contributed by atoms with E-state index in [2.05, 4.69) is 5.32 Å². The molecule has 178 valence electrons. The van der Waals surface area contributed by atoms with Gasteiger partial charge in [-0.15, -0.1) is 0 Å². The van der Waals surface area contributed by atoms with E-state index in [1.165, 1.54) is 0 Å². The molecule has 7 heteroatoms. The predicted octanol–water partition coefficient (Wildman–Crippen LogP) is 7.14. The van der Waals surface area contributed by atoms with Gasteiger partial charge in [0.2, 0.25) is 12.7 Å². The third-order valence-electron chi connectivity index (χ3n) is 6.51. The zero-order valence-electron chi connectivity index (χ0n) is 18.8. The number of rotatable bonds is 5. The summed E-state index contributed by atoms with van der Waals surface area (Å²) in [6, 6.07) is 16.5. The highest BCUT2D eigenvalue weighted by atomic mass is 19.4. The molecule has 34 heavy (non-hydrogen) atoms. The van der Waals surface area contributed by atoms with Crippen LogP contribution in [0, 0.1) is 0 Å². The summed E-state index contributed by atoms with van der Waals surface area (Å²) in [6.07, 6.45) is -3.32. The number of hydrogen-bond donors (Lipinski definition) is 1. The second-order valence-electron chi connectivity index (χ2n) is 9.18. The fraction of sp³-hybridized carbons (Fsp3) is 0.296. The molecule has 1 aliphatic heterocycles. The third kappa shape index (κ3) is 4.11. The molecular weight excluding hydrogens is 443 g/mol. The van der Waals surface area contributed by atoms with Crippen LogP contribution in [0.2, 0.25) is 0 Å². The summed E-state index contributed by atoms with van der Waals surface area (Å²) in [5, 5.41) is 2.76. The van der Waals surface area contributed by atoms with Crippen LogP contribution in [-0.2, 0) is 16.4 Å². The second-order valence-corrected chi connectivity index (χ2v) is 9.18. The molecule has 0 bridgehead atoms. The molecule has 1 amide bonds. The maximum Gasteiger partial charge on any atom is 0.416 e. The zero-order chi connectivity index (χ0) is 24.1. The van der Waals surface area contributed by atoms with Gasteiger partial charge in [0.15, 0.2) is 11.5 Å². The van der Waals surface area contributed by atoms with Crippen LogP contribution in [0.25, 0.3) is 11.1 Å². The lowest BCUT2D eigenvalue weighted by atomic mass is 9.93. The number of nitrogens with one attached hydrogen (secondary N) is 1. The van der Waals surface area contributed by atoms with Gasteiger partial charge in [-0.05, 0) is 71.3 Å². The summed E-state index contributed by atoms with van der Waals surface area (Å²) in [5.74, 6) is 1.10. The number of amides is 1. The monoisotopic (exact) mass is 469 g/mol. The summed E-state index contributed by atoms with van der Waals surface area (Å²) in [7, 11) is 0. The quantitative estimate of drug-likeness (QED) is 0.432. The van der Waals surface area contributed by atoms with E-state index < -0.39 is 17.2 Å². The fourth-order valence-electron chi connectivity index (χ4n) is 4.32. The highest BCUT2D eigenvalue weighted by Crippen LogP contribution is 2.51. The number of ether oxygens (including phenoxy) is 2. The molecule has 3 aromatic carbocycles. The van der Waals surface area contributed by atoms with E-state index in [0.717, 1.165) is 23.3 Å². The van der Waals surface area contributed by atoms with Crippen LogP contribution in [0.5, 0.6) is 11.5 Å². The van der Waals surface area contributed by atoms with Crippen LogP contribution < -0.4 is 14.8 Å². The standard InChI is InChI=1S/C27H24F3NO3.H2/c1-16(2)17-4-3-5-18(10-17)19-11-21(27(28,29)30)13-22(12-19)31-25(32)26(8-9-26)20-6-7-23-24(14-20)34-15-33-23;/h3-7,10-14,16H,8-9,15H2,1-2H3,(H,31,32);1H. The summed E-state index contributed by atoms with van der Waals surface area (Å²) in [5.41, 5.74) is 1.41. The maximum atomic E-state index is 13.7. The minimum absolute atomic E-state index is 0. The molecule has 2 aliphatic rings. The van der Waals surface area contributed by atoms with Crippen molar-refractivity contribution in [3.8, 4) is 22.6 Å². The van der Waals surface area contributed by atoms with E-state index in [1.54, 1.807) is 24.3 Å². The Kier molecular flexibility index (Phi) is 5.30. The number of halogens is 3. The van der Waals surface area contributed by atoms with Gasteiger partial charge in [-0.3, -0.25) is 4.79 Å². The van der Waals surface area contributed by atoms with Crippen LogP contribution in [0.4, 0.5) is 18.9 Å². The maximum absolute atomic E-state index is 13.7. The minimum Gasteiger partial charge on any atom is -0.454 e. The molecule has 0 aromatic heterocycles. The molecule has 0 unspecified atom stereocenters. The van der Waals surface area contributed by atoms with Gasteiger partial charge >= 0.3 is 6.18 Å². The lowest BCUT2D eigenvalue weighted by molar-refractivity contribution is -0.137. The van der Waals surface area contributed by atoms with E-state index in [4.69, 9.17) is 9.47 Å². The van der Waals surface area contributed by atoms with Crippen LogP contribution in [0.1, 0.15) is 50.7 Å². The van der Waals surface area contributed by atoms with Gasteiger partial charge < -0.3 is 14.8 Å². The highest BCUT2D eigenvalue weighted by Gasteiger charge is 2.51. The number of alkyl halides is 3. The zero-order valence-corrected chi connectivity index (χ0v) is 18.8. The van der Waals surface area contributed by atoms with Crippen LogP contribution in [0.15, 0.2) is 60.7 Å². The first kappa shape index (κ1) is 22.3. The SMILES string of the molecule is CC(C)c1cccc(-c2cc(NC(=O)C3(c4ccc5c(c4)OCO5)CC3)cc(C(F)(F)F)c2)c1.[HH]. The number of anilines is 1. The first-order valence-electron chi connectivity index (χ1n) is 11.2. The Bertz CT molecular complexity index is 1270. The number of benzene rings is 3. The number of hydrogen-bond acceptors (Lipinski definition) is 3. The van der Waals surface area contributed by atoms with Crippen molar-refractivity contribution >= 4 is 11.6 Å². The summed E-state index contributed by atoms with van der Waals surface area (Å²) in [4.78, 5) is 13.3. The molecule has 0 saturated heterocycles. The largest absolute Gasteiger partial charge is 0.454 e. The lowest BCUT2D eigenvalue weighted by Gasteiger charge is -2.18. The van der Waals surface area contributed by atoms with Crippen molar-refractivity contribution in [2.45, 2.75) is 44.2 Å². The molecule has 4 nitrogen and oxygen atoms in total. The van der Waals surface area contributed by atoms with Gasteiger partial charge in [-0.1, -0.05) is 44.2 Å². The average molecular weight is 470 g/mol.